The number of hydrogen-bond donors (Lipinski definition) is 0. The molecule has 0 spiro atoms. The van der Waals surface area contributed by atoms with E-state index in [0.717, 1.165) is 0 Å². The second kappa shape index (κ2) is 10.1. The van der Waals surface area contributed by atoms with Crippen molar-refractivity contribution >= 4 is 23.1 Å². The highest BCUT2D eigenvalue weighted by atomic mass is 16.7. The Morgan fingerprint density at radius 2 is 0.818 bits per heavy atom. The van der Waals surface area contributed by atoms with E-state index in [0.29, 0.717) is 44.9 Å². The molecule has 0 N–H and O–H groups in total. The van der Waals surface area contributed by atoms with Crippen LogP contribution in [0, 0.1) is 0 Å². The van der Waals surface area contributed by atoms with Gasteiger partial charge in [-0.3, -0.25) is 19.2 Å². The van der Waals surface area contributed by atoms with Crippen molar-refractivity contribution in [3.05, 3.63) is 154 Å². The van der Waals surface area contributed by atoms with Gasteiger partial charge in [-0.05, 0) is 24.3 Å². The van der Waals surface area contributed by atoms with E-state index in [1.165, 1.54) is 26.4 Å². The van der Waals surface area contributed by atoms with Gasteiger partial charge in [0.15, 0.2) is 23.1 Å². The van der Waals surface area contributed by atoms with Crippen LogP contribution in [0.4, 0.5) is 0 Å². The first-order valence-corrected chi connectivity index (χ1v) is 13.8. The Labute approximate surface area is 252 Å². The molecule has 0 radical (unpaired) electrons. The third-order valence-electron chi connectivity index (χ3n) is 8.19. The first-order valence-electron chi connectivity index (χ1n) is 13.8. The van der Waals surface area contributed by atoms with Gasteiger partial charge < -0.3 is 18.9 Å². The Morgan fingerprint density at radius 3 is 1.20 bits per heavy atom. The number of carbonyl (C=O) groups excluding carboxylic acids is 4. The largest absolute Gasteiger partial charge is 0.453 e. The predicted octanol–water partition coefficient (Wildman–Crippen LogP) is 5.77. The molecule has 2 aliphatic carbocycles. The van der Waals surface area contributed by atoms with Crippen LogP contribution in [0.25, 0.3) is 0 Å². The van der Waals surface area contributed by atoms with Gasteiger partial charge in [0.05, 0.1) is 22.3 Å². The van der Waals surface area contributed by atoms with Gasteiger partial charge in [-0.15, -0.1) is 0 Å². The minimum absolute atomic E-state index is 0.213. The lowest BCUT2D eigenvalue weighted by molar-refractivity contribution is -0.143. The van der Waals surface area contributed by atoms with Crippen molar-refractivity contribution in [1.29, 1.82) is 0 Å². The number of rotatable bonds is 2. The number of ketones is 4. The van der Waals surface area contributed by atoms with Crippen LogP contribution in [-0.2, 0) is 21.0 Å². The second-order valence-corrected chi connectivity index (χ2v) is 10.4. The van der Waals surface area contributed by atoms with E-state index >= 15 is 0 Å². The van der Waals surface area contributed by atoms with Crippen molar-refractivity contribution < 1.29 is 38.1 Å². The van der Waals surface area contributed by atoms with Gasteiger partial charge in [0.1, 0.15) is 11.5 Å². The SMILES string of the molecule is CO[C@]12Oc3ccccc3C(=O)C1=CC(=O)c1ccccc12.CO[C@]12Oc3ccccc3C(=O)C1=CC(=O)c1ccccc12. The molecule has 44 heavy (non-hydrogen) atoms. The van der Waals surface area contributed by atoms with Crippen LogP contribution >= 0.6 is 0 Å². The van der Waals surface area contributed by atoms with Gasteiger partial charge in [0.25, 0.3) is 11.6 Å². The molecule has 8 nitrogen and oxygen atoms in total. The summed E-state index contributed by atoms with van der Waals surface area (Å²) < 4.78 is 23.4. The number of allylic oxidation sites excluding steroid dienone is 2. The van der Waals surface area contributed by atoms with E-state index in [4.69, 9.17) is 18.9 Å². The molecule has 2 heterocycles. The molecule has 0 saturated heterocycles. The molecule has 4 aromatic carbocycles. The summed E-state index contributed by atoms with van der Waals surface area (Å²) in [5, 5.41) is 0. The lowest BCUT2D eigenvalue weighted by atomic mass is 9.80. The Kier molecular flexibility index (Phi) is 6.28. The third kappa shape index (κ3) is 3.78. The standard InChI is InChI=1S/2C18H12O4/c2*1-21-18-13-8-4-2-6-11(13)15(19)10-14(18)17(20)12-7-3-5-9-16(12)22-18/h2*2-10H,1H3/t2*18-/m11/s1. The fourth-order valence-electron chi connectivity index (χ4n) is 6.13. The molecule has 0 saturated carbocycles. The van der Waals surface area contributed by atoms with Crippen LogP contribution in [0.2, 0.25) is 0 Å². The molecule has 216 valence electrons. The predicted molar refractivity (Wildman–Crippen MR) is 158 cm³/mol. The topological polar surface area (TPSA) is 105 Å². The smallest absolute Gasteiger partial charge is 0.268 e. The Morgan fingerprint density at radius 1 is 0.477 bits per heavy atom. The summed E-state index contributed by atoms with van der Waals surface area (Å²) in [6, 6.07) is 28.0. The van der Waals surface area contributed by atoms with E-state index in [9.17, 15) is 19.2 Å². The molecule has 0 unspecified atom stereocenters. The fraction of sp³-hybridized carbons (Fsp3) is 0.111. The molecular formula is C36H24O8. The van der Waals surface area contributed by atoms with E-state index in [2.05, 4.69) is 0 Å². The second-order valence-electron chi connectivity index (χ2n) is 10.4. The summed E-state index contributed by atoms with van der Waals surface area (Å²) in [5.41, 5.74) is 3.41. The number of ether oxygens (including phenoxy) is 4. The molecule has 4 aromatic rings. The van der Waals surface area contributed by atoms with Crippen molar-refractivity contribution in [3.8, 4) is 11.5 Å². The van der Waals surface area contributed by atoms with Crippen molar-refractivity contribution in [2.75, 3.05) is 14.2 Å². The van der Waals surface area contributed by atoms with Crippen LogP contribution in [0.1, 0.15) is 52.6 Å². The van der Waals surface area contributed by atoms with E-state index in [1.807, 2.05) is 0 Å². The van der Waals surface area contributed by atoms with Crippen molar-refractivity contribution in [1.82, 2.24) is 0 Å². The van der Waals surface area contributed by atoms with E-state index < -0.39 is 11.6 Å². The van der Waals surface area contributed by atoms with Crippen LogP contribution in [0.3, 0.4) is 0 Å². The monoisotopic (exact) mass is 584 g/mol. The van der Waals surface area contributed by atoms with Crippen LogP contribution in [0.5, 0.6) is 11.5 Å². The summed E-state index contributed by atoms with van der Waals surface area (Å²) in [6.45, 7) is 0. The van der Waals surface area contributed by atoms with Gasteiger partial charge in [-0.25, -0.2) is 0 Å². The average Bonchev–Trinajstić information content (AvgIpc) is 3.07. The quantitative estimate of drug-likeness (QED) is 0.293. The van der Waals surface area contributed by atoms with E-state index in [-0.39, 0.29) is 34.3 Å². The number of fused-ring (bicyclic) bond motifs is 8. The summed E-state index contributed by atoms with van der Waals surface area (Å²) in [4.78, 5) is 50.2. The fourth-order valence-corrected chi connectivity index (χ4v) is 6.13. The number of carbonyl (C=O) groups is 4. The molecule has 0 fully saturated rings. The van der Waals surface area contributed by atoms with Crippen LogP contribution < -0.4 is 9.47 Å². The first-order chi connectivity index (χ1) is 21.3. The zero-order valence-electron chi connectivity index (χ0n) is 23.7. The summed E-state index contributed by atoms with van der Waals surface area (Å²) in [5.74, 6) is -2.74. The third-order valence-corrected chi connectivity index (χ3v) is 8.19. The molecule has 8 rings (SSSR count). The summed E-state index contributed by atoms with van der Waals surface area (Å²) in [7, 11) is 2.95. The number of hydrogen-bond acceptors (Lipinski definition) is 8. The lowest BCUT2D eigenvalue weighted by Crippen LogP contribution is -2.46. The molecule has 0 bridgehead atoms. The van der Waals surface area contributed by atoms with Gasteiger partial charge in [0, 0.05) is 48.6 Å². The number of Topliss-reactive ketones (excluding diaryl/α,β-unsaturated/α-hetero) is 2. The highest BCUT2D eigenvalue weighted by Crippen LogP contribution is 2.48. The highest BCUT2D eigenvalue weighted by molar-refractivity contribution is 6.21. The lowest BCUT2D eigenvalue weighted by Gasteiger charge is -2.41. The zero-order valence-corrected chi connectivity index (χ0v) is 23.7. The van der Waals surface area contributed by atoms with Gasteiger partial charge in [0.2, 0.25) is 0 Å². The maximum Gasteiger partial charge on any atom is 0.268 e. The maximum absolute atomic E-state index is 12.8. The zero-order chi connectivity index (χ0) is 30.6. The Balaban J connectivity index is 0.000000142. The molecular weight excluding hydrogens is 560 g/mol. The van der Waals surface area contributed by atoms with Gasteiger partial charge in [-0.2, -0.15) is 0 Å². The van der Waals surface area contributed by atoms with Crippen molar-refractivity contribution in [2.24, 2.45) is 0 Å². The van der Waals surface area contributed by atoms with Gasteiger partial charge in [-0.1, -0.05) is 72.8 Å². The van der Waals surface area contributed by atoms with E-state index in [1.54, 1.807) is 97.1 Å². The minimum Gasteiger partial charge on any atom is -0.453 e. The molecule has 0 amide bonds. The molecule has 4 aliphatic rings. The number of para-hydroxylation sites is 2. The summed E-state index contributed by atoms with van der Waals surface area (Å²) >= 11 is 0. The number of methoxy groups -OCH3 is 2. The Bertz CT molecular complexity index is 1840. The van der Waals surface area contributed by atoms with Crippen molar-refractivity contribution in [3.63, 3.8) is 0 Å². The van der Waals surface area contributed by atoms with Crippen molar-refractivity contribution in [2.45, 2.75) is 11.6 Å². The van der Waals surface area contributed by atoms with Gasteiger partial charge >= 0.3 is 0 Å². The highest BCUT2D eigenvalue weighted by Gasteiger charge is 2.52. The normalized spacial score (nSPS) is 22.1. The molecule has 2 aliphatic heterocycles. The molecule has 8 heteroatoms. The first kappa shape index (κ1) is 27.4. The summed E-state index contributed by atoms with van der Waals surface area (Å²) in [6.07, 6.45) is 2.65. The molecule has 2 atom stereocenters. The van der Waals surface area contributed by atoms with Crippen LogP contribution in [0.15, 0.2) is 120 Å². The molecule has 0 aromatic heterocycles. The number of benzene rings is 4. The average molecular weight is 585 g/mol. The minimum atomic E-state index is -1.37. The maximum atomic E-state index is 12.8. The van der Waals surface area contributed by atoms with Crippen LogP contribution in [-0.4, -0.2) is 37.4 Å². The Hall–Kier alpha value is -5.44.